The van der Waals surface area contributed by atoms with E-state index in [-0.39, 0.29) is 42.9 Å². The van der Waals surface area contributed by atoms with Crippen LogP contribution in [0.3, 0.4) is 0 Å². The maximum atomic E-state index is 12.5. The number of fused-ring (bicyclic) bond motifs is 4. The molecule has 0 saturated heterocycles. The van der Waals surface area contributed by atoms with Gasteiger partial charge in [-0.15, -0.1) is 22.7 Å². The maximum absolute atomic E-state index is 12.5. The first-order valence-electron chi connectivity index (χ1n) is 18.5. The average molecular weight is 822 g/mol. The van der Waals surface area contributed by atoms with Crippen molar-refractivity contribution in [2.24, 2.45) is 9.98 Å². The van der Waals surface area contributed by atoms with E-state index in [4.69, 9.17) is 9.47 Å². The van der Waals surface area contributed by atoms with Gasteiger partial charge in [0, 0.05) is 22.2 Å². The Morgan fingerprint density at radius 2 is 1.02 bits per heavy atom. The van der Waals surface area contributed by atoms with Crippen LogP contribution in [-0.4, -0.2) is 37.6 Å². The Bertz CT molecular complexity index is 2250. The number of hydrogen-bond acceptors (Lipinski definition) is 10. The number of nitrogens with zero attached hydrogens (tertiary/aromatic N) is 2. The Hall–Kier alpha value is -4.70. The predicted molar refractivity (Wildman–Crippen MR) is 215 cm³/mol. The van der Waals surface area contributed by atoms with Crippen molar-refractivity contribution in [1.82, 2.24) is 0 Å². The molecule has 0 atom stereocenters. The van der Waals surface area contributed by atoms with E-state index in [1.165, 1.54) is 9.75 Å². The molecule has 0 amide bonds. The summed E-state index contributed by atoms with van der Waals surface area (Å²) in [5.74, 6) is -0.776. The molecule has 8 rings (SSSR count). The largest absolute Gasteiger partial charge is 2.00 e. The third kappa shape index (κ3) is 8.59. The van der Waals surface area contributed by atoms with Gasteiger partial charge in [-0.05, 0) is 109 Å². The fourth-order valence-electron chi connectivity index (χ4n) is 7.18. The molecule has 2 aliphatic rings. The number of benzene rings is 4. The van der Waals surface area contributed by atoms with E-state index in [9.17, 15) is 19.8 Å². The van der Waals surface area contributed by atoms with Gasteiger partial charge < -0.3 is 19.7 Å². The van der Waals surface area contributed by atoms with Crippen LogP contribution in [-0.2, 0) is 54.6 Å². The molecule has 0 bridgehead atoms. The van der Waals surface area contributed by atoms with Gasteiger partial charge in [0.1, 0.15) is 10.0 Å². The number of esters is 2. The minimum Gasteiger partial charge on any atom is -0.872 e. The zero-order chi connectivity index (χ0) is 37.6. The first-order valence-corrected chi connectivity index (χ1v) is 20.1. The van der Waals surface area contributed by atoms with Crippen molar-refractivity contribution in [3.63, 3.8) is 0 Å². The fourth-order valence-corrected chi connectivity index (χ4v) is 9.62. The molecule has 4 aromatic carbocycles. The molecule has 55 heavy (non-hydrogen) atoms. The molecular weight excluding hydrogens is 782 g/mol. The summed E-state index contributed by atoms with van der Waals surface area (Å²) < 4.78 is 10.5. The van der Waals surface area contributed by atoms with Crippen molar-refractivity contribution in [2.75, 3.05) is 13.2 Å². The van der Waals surface area contributed by atoms with Crippen molar-refractivity contribution in [3.8, 4) is 11.5 Å². The standard InChI is InChI=1S/2C22H21NO3S.Zn/c2*1-2-26-22(25)20-16-9-5-6-10-19(16)27-21(20)23-13-17-15-8-4-3-7-14(15)11-12-18(17)24;/h2*3-4,7-8,11-13,24H,2,5-6,9-10H2,1H3;/q;;+2/p-2. The van der Waals surface area contributed by atoms with Crippen molar-refractivity contribution in [3.05, 3.63) is 116 Å². The van der Waals surface area contributed by atoms with Gasteiger partial charge in [-0.3, -0.25) is 0 Å². The van der Waals surface area contributed by atoms with Crippen LogP contribution in [0.1, 0.15) is 92.3 Å². The number of hydrogen-bond donors (Lipinski definition) is 0. The van der Waals surface area contributed by atoms with Gasteiger partial charge in [0.05, 0.1) is 24.3 Å². The molecule has 6 aromatic rings. The molecule has 0 unspecified atom stereocenters. The van der Waals surface area contributed by atoms with E-state index in [0.717, 1.165) is 84.0 Å². The van der Waals surface area contributed by atoms with E-state index < -0.39 is 0 Å². The number of thiophene rings is 2. The molecule has 0 radical (unpaired) electrons. The van der Waals surface area contributed by atoms with Crippen LogP contribution in [0.15, 0.2) is 82.8 Å². The predicted octanol–water partition coefficient (Wildman–Crippen LogP) is 9.56. The van der Waals surface area contributed by atoms with E-state index in [1.54, 1.807) is 61.1 Å². The second kappa shape index (κ2) is 18.3. The summed E-state index contributed by atoms with van der Waals surface area (Å²) in [7, 11) is 0. The van der Waals surface area contributed by atoms with Gasteiger partial charge >= 0.3 is 31.4 Å². The Labute approximate surface area is 341 Å². The van der Waals surface area contributed by atoms with Crippen molar-refractivity contribution >= 4 is 78.6 Å². The van der Waals surface area contributed by atoms with Gasteiger partial charge in [0.15, 0.2) is 0 Å². The number of ether oxygens (including phenoxy) is 2. The Kier molecular flexibility index (Phi) is 13.3. The quantitative estimate of drug-likeness (QED) is 0.0856. The zero-order valence-corrected chi connectivity index (χ0v) is 35.6. The van der Waals surface area contributed by atoms with Crippen LogP contribution >= 0.6 is 22.7 Å². The monoisotopic (exact) mass is 820 g/mol. The van der Waals surface area contributed by atoms with E-state index in [1.807, 2.05) is 60.7 Å². The molecule has 0 fully saturated rings. The van der Waals surface area contributed by atoms with Crippen LogP contribution in [0, 0.1) is 0 Å². The third-order valence-corrected chi connectivity index (χ3v) is 12.1. The van der Waals surface area contributed by atoms with Crippen LogP contribution in [0.2, 0.25) is 0 Å². The van der Waals surface area contributed by atoms with Crippen LogP contribution in [0.25, 0.3) is 21.5 Å². The van der Waals surface area contributed by atoms with Crippen LogP contribution in [0.4, 0.5) is 10.0 Å². The average Bonchev–Trinajstić information content (AvgIpc) is 3.76. The summed E-state index contributed by atoms with van der Waals surface area (Å²) >= 11 is 3.09. The number of aryl methyl sites for hydroxylation is 2. The summed E-state index contributed by atoms with van der Waals surface area (Å²) in [6.45, 7) is 4.28. The maximum Gasteiger partial charge on any atom is 2.00 e. The molecule has 0 spiro atoms. The Morgan fingerprint density at radius 3 is 1.44 bits per heavy atom. The van der Waals surface area contributed by atoms with Gasteiger partial charge in [-0.25, -0.2) is 19.6 Å². The molecule has 2 aliphatic carbocycles. The summed E-state index contributed by atoms with van der Waals surface area (Å²) in [5.41, 5.74) is 4.43. The molecule has 0 saturated carbocycles. The molecule has 11 heteroatoms. The second-order valence-corrected chi connectivity index (χ2v) is 15.3. The van der Waals surface area contributed by atoms with Gasteiger partial charge in [-0.2, -0.15) is 0 Å². The topological polar surface area (TPSA) is 123 Å². The molecule has 0 N–H and O–H groups in total. The minimum absolute atomic E-state index is 0. The summed E-state index contributed by atoms with van der Waals surface area (Å²) in [4.78, 5) is 36.7. The number of carbonyl (C=O) groups is 2. The van der Waals surface area contributed by atoms with Crippen molar-refractivity contribution < 1.29 is 48.8 Å². The van der Waals surface area contributed by atoms with E-state index in [0.29, 0.717) is 45.5 Å². The number of carbonyl (C=O) groups excluding carboxylic acids is 2. The zero-order valence-electron chi connectivity index (χ0n) is 31.0. The third-order valence-electron chi connectivity index (χ3n) is 9.75. The molecule has 2 heterocycles. The number of aliphatic imine (C=N–C) groups is 2. The van der Waals surface area contributed by atoms with E-state index >= 15 is 0 Å². The van der Waals surface area contributed by atoms with Crippen molar-refractivity contribution in [2.45, 2.75) is 65.2 Å². The first-order chi connectivity index (χ1) is 26.4. The van der Waals surface area contributed by atoms with Gasteiger partial charge in [0.25, 0.3) is 0 Å². The summed E-state index contributed by atoms with van der Waals surface area (Å²) in [6, 6.07) is 22.3. The van der Waals surface area contributed by atoms with Crippen LogP contribution < -0.4 is 10.2 Å². The molecule has 276 valence electrons. The Morgan fingerprint density at radius 1 is 0.618 bits per heavy atom. The summed E-state index contributed by atoms with van der Waals surface area (Å²) in [6.07, 6.45) is 11.3. The van der Waals surface area contributed by atoms with Crippen molar-refractivity contribution in [1.29, 1.82) is 0 Å². The first kappa shape index (κ1) is 40.0. The normalized spacial score (nSPS) is 13.6. The molecule has 2 aromatic heterocycles. The van der Waals surface area contributed by atoms with Gasteiger partial charge in [0.2, 0.25) is 0 Å². The Balaban J connectivity index is 0.000000184. The number of rotatable bonds is 8. The van der Waals surface area contributed by atoms with Crippen LogP contribution in [0.5, 0.6) is 11.5 Å². The summed E-state index contributed by atoms with van der Waals surface area (Å²) in [5, 5.41) is 29.8. The molecular formula is C44H40N2O6S2Zn. The molecule has 8 nitrogen and oxygen atoms in total. The van der Waals surface area contributed by atoms with Gasteiger partial charge in [-0.1, -0.05) is 84.3 Å². The molecule has 0 aliphatic heterocycles. The second-order valence-electron chi connectivity index (χ2n) is 13.1. The smallest absolute Gasteiger partial charge is 0.872 e. The van der Waals surface area contributed by atoms with E-state index in [2.05, 4.69) is 9.98 Å². The SMILES string of the molecule is CCOC(=O)c1c(N=Cc2c([O-])ccc3ccccc23)sc2c1CCCC2.CCOC(=O)c1c(N=Cc2c([O-])ccc3ccccc23)sc2c1CCCC2.[Zn+2]. The minimum atomic E-state index is -0.315. The fraction of sp³-hybridized carbons (Fsp3) is 0.273.